The molecule has 0 amide bonds. The Morgan fingerprint density at radius 3 is 2.50 bits per heavy atom. The molecule has 1 aliphatic heterocycles. The molecule has 1 saturated carbocycles. The van der Waals surface area contributed by atoms with Crippen molar-refractivity contribution in [2.24, 2.45) is 5.41 Å². The maximum atomic E-state index is 3.89. The first kappa shape index (κ1) is 12.4. The van der Waals surface area contributed by atoms with Gasteiger partial charge in [-0.3, -0.25) is 0 Å². The van der Waals surface area contributed by atoms with E-state index in [1.165, 1.54) is 64.6 Å². The van der Waals surface area contributed by atoms with Gasteiger partial charge in [0.1, 0.15) is 0 Å². The van der Waals surface area contributed by atoms with Gasteiger partial charge in [0.15, 0.2) is 0 Å². The van der Waals surface area contributed by atoms with E-state index in [0.29, 0.717) is 11.0 Å². The Morgan fingerprint density at radius 2 is 1.94 bits per heavy atom. The molecule has 0 bridgehead atoms. The molecule has 0 aromatic carbocycles. The molecule has 0 radical (unpaired) electrons. The van der Waals surface area contributed by atoms with Crippen LogP contribution < -0.4 is 10.6 Å². The highest BCUT2D eigenvalue weighted by Crippen LogP contribution is 2.34. The Morgan fingerprint density at radius 1 is 1.19 bits per heavy atom. The molecule has 2 N–H and O–H groups in total. The second-order valence-corrected chi connectivity index (χ2v) is 6.30. The second-order valence-electron chi connectivity index (χ2n) is 6.30. The molecule has 0 aromatic heterocycles. The average Bonchev–Trinajstić information content (AvgIpc) is 2.87. The zero-order chi connectivity index (χ0) is 11.5. The van der Waals surface area contributed by atoms with Gasteiger partial charge in [-0.25, -0.2) is 0 Å². The van der Waals surface area contributed by atoms with Crippen molar-refractivity contribution in [2.75, 3.05) is 19.6 Å². The number of hydrogen-bond donors (Lipinski definition) is 2. The van der Waals surface area contributed by atoms with Crippen LogP contribution in [0.4, 0.5) is 0 Å². The zero-order valence-electron chi connectivity index (χ0n) is 11.1. The molecule has 1 saturated heterocycles. The quantitative estimate of drug-likeness (QED) is 0.750. The molecule has 1 atom stereocenters. The predicted molar refractivity (Wildman–Crippen MR) is 69.7 cm³/mol. The minimum absolute atomic E-state index is 0.448. The lowest BCUT2D eigenvalue weighted by molar-refractivity contribution is 0.231. The van der Waals surface area contributed by atoms with Crippen LogP contribution in [-0.2, 0) is 0 Å². The van der Waals surface area contributed by atoms with E-state index >= 15 is 0 Å². The van der Waals surface area contributed by atoms with Crippen LogP contribution in [0.5, 0.6) is 0 Å². The monoisotopic (exact) mass is 224 g/mol. The van der Waals surface area contributed by atoms with Crippen LogP contribution in [0.1, 0.15) is 58.8 Å². The first-order chi connectivity index (χ1) is 7.68. The van der Waals surface area contributed by atoms with Gasteiger partial charge in [0.05, 0.1) is 0 Å². The van der Waals surface area contributed by atoms with Gasteiger partial charge < -0.3 is 10.6 Å². The molecule has 2 nitrogen and oxygen atoms in total. The zero-order valence-corrected chi connectivity index (χ0v) is 11.1. The van der Waals surface area contributed by atoms with Crippen LogP contribution in [0, 0.1) is 5.41 Å². The fraction of sp³-hybridized carbons (Fsp3) is 1.00. The molecule has 2 rings (SSSR count). The highest BCUT2D eigenvalue weighted by Gasteiger charge is 2.36. The first-order valence-corrected chi connectivity index (χ1v) is 7.14. The maximum Gasteiger partial charge on any atom is 0.0153 e. The van der Waals surface area contributed by atoms with Crippen LogP contribution in [0.2, 0.25) is 0 Å². The van der Waals surface area contributed by atoms with Crippen molar-refractivity contribution in [2.45, 2.75) is 64.3 Å². The average molecular weight is 224 g/mol. The minimum atomic E-state index is 0.448. The van der Waals surface area contributed by atoms with Crippen molar-refractivity contribution in [1.29, 1.82) is 0 Å². The Kier molecular flexibility index (Phi) is 3.91. The highest BCUT2D eigenvalue weighted by molar-refractivity contribution is 4.94. The molecule has 0 aromatic rings. The van der Waals surface area contributed by atoms with Gasteiger partial charge in [-0.2, -0.15) is 0 Å². The van der Waals surface area contributed by atoms with Crippen LogP contribution in [0.15, 0.2) is 0 Å². The van der Waals surface area contributed by atoms with Crippen molar-refractivity contribution in [3.63, 3.8) is 0 Å². The molecule has 2 fully saturated rings. The Balaban J connectivity index is 1.86. The van der Waals surface area contributed by atoms with E-state index in [4.69, 9.17) is 0 Å². The van der Waals surface area contributed by atoms with E-state index in [1.54, 1.807) is 0 Å². The van der Waals surface area contributed by atoms with Crippen LogP contribution in [0.3, 0.4) is 0 Å². The minimum Gasteiger partial charge on any atom is -0.316 e. The summed E-state index contributed by atoms with van der Waals surface area (Å²) < 4.78 is 0. The summed E-state index contributed by atoms with van der Waals surface area (Å²) in [6.07, 6.45) is 9.66. The first-order valence-electron chi connectivity index (χ1n) is 7.14. The van der Waals surface area contributed by atoms with E-state index in [0.717, 1.165) is 0 Å². The second kappa shape index (κ2) is 5.05. The highest BCUT2D eigenvalue weighted by atomic mass is 15.0. The molecule has 1 heterocycles. The predicted octanol–water partition coefficient (Wildman–Crippen LogP) is 2.69. The van der Waals surface area contributed by atoms with Crippen molar-refractivity contribution in [1.82, 2.24) is 10.6 Å². The molecular weight excluding hydrogens is 196 g/mol. The third-order valence-electron chi connectivity index (χ3n) is 4.71. The van der Waals surface area contributed by atoms with Crippen LogP contribution in [0.25, 0.3) is 0 Å². The van der Waals surface area contributed by atoms with Crippen LogP contribution >= 0.6 is 0 Å². The van der Waals surface area contributed by atoms with Crippen molar-refractivity contribution >= 4 is 0 Å². The molecule has 2 heteroatoms. The number of nitrogens with one attached hydrogen (secondary N) is 2. The van der Waals surface area contributed by atoms with Gasteiger partial charge in [0.2, 0.25) is 0 Å². The molecule has 0 spiro atoms. The normalized spacial score (nSPS) is 33.4. The van der Waals surface area contributed by atoms with Crippen molar-refractivity contribution < 1.29 is 0 Å². The molecular formula is C14H28N2. The van der Waals surface area contributed by atoms with Crippen molar-refractivity contribution in [3.8, 4) is 0 Å². The summed E-state index contributed by atoms with van der Waals surface area (Å²) in [5.74, 6) is 0. The number of hydrogen-bond acceptors (Lipinski definition) is 2. The molecule has 1 unspecified atom stereocenters. The number of rotatable bonds is 5. The SMILES string of the molecule is CCCC1(CNC2(C)CCCC2)CCNC1. The van der Waals surface area contributed by atoms with Crippen LogP contribution in [-0.4, -0.2) is 25.2 Å². The smallest absolute Gasteiger partial charge is 0.0153 e. The molecule has 94 valence electrons. The Bertz CT molecular complexity index is 213. The summed E-state index contributed by atoms with van der Waals surface area (Å²) in [7, 11) is 0. The molecule has 1 aliphatic carbocycles. The summed E-state index contributed by atoms with van der Waals surface area (Å²) >= 11 is 0. The van der Waals surface area contributed by atoms with E-state index in [2.05, 4.69) is 24.5 Å². The lowest BCUT2D eigenvalue weighted by Gasteiger charge is -2.34. The standard InChI is InChI=1S/C14H28N2/c1-3-6-14(9-10-15-11-14)12-16-13(2)7-4-5-8-13/h15-16H,3-12H2,1-2H3. The Hall–Kier alpha value is -0.0800. The van der Waals surface area contributed by atoms with Gasteiger partial charge in [-0.1, -0.05) is 26.2 Å². The van der Waals surface area contributed by atoms with Gasteiger partial charge in [-0.15, -0.1) is 0 Å². The van der Waals surface area contributed by atoms with Gasteiger partial charge in [-0.05, 0) is 44.6 Å². The lowest BCUT2D eigenvalue weighted by atomic mass is 9.81. The maximum absolute atomic E-state index is 3.89. The Labute approximate surface area is 101 Å². The summed E-state index contributed by atoms with van der Waals surface area (Å²) in [5.41, 5.74) is 1.00. The third kappa shape index (κ3) is 2.78. The fourth-order valence-corrected chi connectivity index (χ4v) is 3.51. The van der Waals surface area contributed by atoms with E-state index < -0.39 is 0 Å². The lowest BCUT2D eigenvalue weighted by Crippen LogP contribution is -2.46. The largest absolute Gasteiger partial charge is 0.316 e. The molecule has 16 heavy (non-hydrogen) atoms. The summed E-state index contributed by atoms with van der Waals surface area (Å²) in [6, 6.07) is 0. The van der Waals surface area contributed by atoms with Crippen molar-refractivity contribution in [3.05, 3.63) is 0 Å². The summed E-state index contributed by atoms with van der Waals surface area (Å²) in [4.78, 5) is 0. The topological polar surface area (TPSA) is 24.1 Å². The fourth-order valence-electron chi connectivity index (χ4n) is 3.51. The molecule has 2 aliphatic rings. The summed E-state index contributed by atoms with van der Waals surface area (Å²) in [6.45, 7) is 8.41. The van der Waals surface area contributed by atoms with Gasteiger partial charge in [0, 0.05) is 18.6 Å². The van der Waals surface area contributed by atoms with Gasteiger partial charge in [0.25, 0.3) is 0 Å². The van der Waals surface area contributed by atoms with E-state index in [9.17, 15) is 0 Å². The van der Waals surface area contributed by atoms with E-state index in [-0.39, 0.29) is 0 Å². The van der Waals surface area contributed by atoms with E-state index in [1.807, 2.05) is 0 Å². The summed E-state index contributed by atoms with van der Waals surface area (Å²) in [5, 5.41) is 7.43. The van der Waals surface area contributed by atoms with Gasteiger partial charge >= 0.3 is 0 Å². The third-order valence-corrected chi connectivity index (χ3v) is 4.71.